The van der Waals surface area contributed by atoms with Gasteiger partial charge in [0.2, 0.25) is 5.91 Å². The highest BCUT2D eigenvalue weighted by Gasteiger charge is 1.99. The Morgan fingerprint density at radius 3 is 2.75 bits per heavy atom. The molecule has 0 spiro atoms. The van der Waals surface area contributed by atoms with Gasteiger partial charge in [0.15, 0.2) is 0 Å². The largest absolute Gasteiger partial charge is 0.356 e. The highest BCUT2D eigenvalue weighted by molar-refractivity contribution is 5.75. The van der Waals surface area contributed by atoms with Crippen LogP contribution in [0.4, 0.5) is 0 Å². The highest BCUT2D eigenvalue weighted by Crippen LogP contribution is 1.96. The van der Waals surface area contributed by atoms with E-state index >= 15 is 0 Å². The molecular weight excluding hydrogens is 152 g/mol. The molecule has 0 bridgehead atoms. The quantitative estimate of drug-likeness (QED) is 0.675. The second kappa shape index (κ2) is 6.66. The lowest BCUT2D eigenvalue weighted by molar-refractivity contribution is -0.121. The van der Waals surface area contributed by atoms with E-state index in [1.807, 2.05) is 6.07 Å². The Bertz CT molecular complexity index is 170. The summed E-state index contributed by atoms with van der Waals surface area (Å²) < 4.78 is 0. The van der Waals surface area contributed by atoms with E-state index < -0.39 is 0 Å². The van der Waals surface area contributed by atoms with E-state index in [0.717, 1.165) is 13.0 Å². The summed E-state index contributed by atoms with van der Waals surface area (Å²) in [5, 5.41) is 11.0. The van der Waals surface area contributed by atoms with E-state index in [-0.39, 0.29) is 5.91 Å². The maximum absolute atomic E-state index is 10.9. The lowest BCUT2D eigenvalue weighted by atomic mass is 10.1. The van der Waals surface area contributed by atoms with Crippen LogP contribution in [-0.4, -0.2) is 12.5 Å². The number of carbonyl (C=O) groups excluding carboxylic acids is 1. The Morgan fingerprint density at radius 2 is 2.25 bits per heavy atom. The first kappa shape index (κ1) is 11.0. The average molecular weight is 168 g/mol. The van der Waals surface area contributed by atoms with Crippen molar-refractivity contribution in [3.05, 3.63) is 0 Å². The molecule has 0 aliphatic heterocycles. The maximum Gasteiger partial charge on any atom is 0.221 e. The normalized spacial score (nSPS) is 9.50. The van der Waals surface area contributed by atoms with Crippen molar-refractivity contribution in [2.24, 2.45) is 5.92 Å². The van der Waals surface area contributed by atoms with Crippen molar-refractivity contribution in [2.45, 2.75) is 33.1 Å². The Hall–Kier alpha value is -1.04. The molecule has 0 atom stereocenters. The van der Waals surface area contributed by atoms with E-state index in [1.165, 1.54) is 0 Å². The third-order valence-corrected chi connectivity index (χ3v) is 1.51. The molecule has 0 unspecified atom stereocenters. The SMILES string of the molecule is CC(C)CCNC(=O)CCC#N. The first-order chi connectivity index (χ1) is 5.66. The molecule has 1 N–H and O–H groups in total. The zero-order valence-corrected chi connectivity index (χ0v) is 7.76. The molecule has 0 aromatic heterocycles. The van der Waals surface area contributed by atoms with Gasteiger partial charge in [-0.2, -0.15) is 5.26 Å². The van der Waals surface area contributed by atoms with Crippen LogP contribution in [0.3, 0.4) is 0 Å². The van der Waals surface area contributed by atoms with Crippen molar-refractivity contribution in [3.8, 4) is 6.07 Å². The molecule has 0 fully saturated rings. The lowest BCUT2D eigenvalue weighted by Gasteiger charge is -2.05. The van der Waals surface area contributed by atoms with Crippen LogP contribution in [0.5, 0.6) is 0 Å². The minimum atomic E-state index is -0.0165. The number of carbonyl (C=O) groups is 1. The van der Waals surface area contributed by atoms with Crippen molar-refractivity contribution in [1.29, 1.82) is 5.26 Å². The van der Waals surface area contributed by atoms with Crippen LogP contribution >= 0.6 is 0 Å². The van der Waals surface area contributed by atoms with E-state index in [1.54, 1.807) is 0 Å². The molecule has 0 aromatic carbocycles. The summed E-state index contributed by atoms with van der Waals surface area (Å²) in [4.78, 5) is 10.9. The van der Waals surface area contributed by atoms with Crippen molar-refractivity contribution in [3.63, 3.8) is 0 Å². The van der Waals surface area contributed by atoms with Gasteiger partial charge in [-0.05, 0) is 12.3 Å². The molecule has 0 aliphatic carbocycles. The third kappa shape index (κ3) is 7.07. The number of nitrogens with zero attached hydrogens (tertiary/aromatic N) is 1. The minimum absolute atomic E-state index is 0.0165. The minimum Gasteiger partial charge on any atom is -0.356 e. The molecule has 0 aromatic rings. The Morgan fingerprint density at radius 1 is 1.58 bits per heavy atom. The smallest absolute Gasteiger partial charge is 0.221 e. The van der Waals surface area contributed by atoms with Gasteiger partial charge in [0.05, 0.1) is 6.07 Å². The predicted molar refractivity (Wildman–Crippen MR) is 47.3 cm³/mol. The van der Waals surface area contributed by atoms with E-state index in [0.29, 0.717) is 18.8 Å². The van der Waals surface area contributed by atoms with Crippen LogP contribution in [0.25, 0.3) is 0 Å². The van der Waals surface area contributed by atoms with Crippen molar-refractivity contribution < 1.29 is 4.79 Å². The van der Waals surface area contributed by atoms with Gasteiger partial charge in [0.25, 0.3) is 0 Å². The van der Waals surface area contributed by atoms with Crippen LogP contribution in [-0.2, 0) is 4.79 Å². The first-order valence-corrected chi connectivity index (χ1v) is 4.30. The van der Waals surface area contributed by atoms with Gasteiger partial charge in [-0.1, -0.05) is 13.8 Å². The Balaban J connectivity index is 3.27. The zero-order valence-electron chi connectivity index (χ0n) is 7.76. The predicted octanol–water partition coefficient (Wildman–Crippen LogP) is 1.45. The number of amides is 1. The molecule has 3 heteroatoms. The third-order valence-electron chi connectivity index (χ3n) is 1.51. The summed E-state index contributed by atoms with van der Waals surface area (Å²) in [6.45, 7) is 4.95. The molecule has 12 heavy (non-hydrogen) atoms. The summed E-state index contributed by atoms with van der Waals surface area (Å²) in [7, 11) is 0. The monoisotopic (exact) mass is 168 g/mol. The van der Waals surface area contributed by atoms with Gasteiger partial charge in [0, 0.05) is 19.4 Å². The number of nitriles is 1. The average Bonchev–Trinajstić information content (AvgIpc) is 2.00. The van der Waals surface area contributed by atoms with Crippen molar-refractivity contribution in [2.75, 3.05) is 6.54 Å². The van der Waals surface area contributed by atoms with Gasteiger partial charge in [-0.3, -0.25) is 4.79 Å². The number of hydrogen-bond acceptors (Lipinski definition) is 2. The van der Waals surface area contributed by atoms with Crippen LogP contribution in [0.2, 0.25) is 0 Å². The van der Waals surface area contributed by atoms with E-state index in [4.69, 9.17) is 5.26 Å². The first-order valence-electron chi connectivity index (χ1n) is 4.30. The zero-order chi connectivity index (χ0) is 9.40. The Kier molecular flexibility index (Phi) is 6.08. The van der Waals surface area contributed by atoms with Crippen LogP contribution in [0, 0.1) is 17.2 Å². The fourth-order valence-electron chi connectivity index (χ4n) is 0.758. The highest BCUT2D eigenvalue weighted by atomic mass is 16.1. The molecule has 68 valence electrons. The summed E-state index contributed by atoms with van der Waals surface area (Å²) in [6, 6.07) is 1.94. The summed E-state index contributed by atoms with van der Waals surface area (Å²) in [6.07, 6.45) is 1.64. The number of hydrogen-bond donors (Lipinski definition) is 1. The van der Waals surface area contributed by atoms with Gasteiger partial charge in [-0.15, -0.1) is 0 Å². The molecular formula is C9H16N2O. The van der Waals surface area contributed by atoms with E-state index in [9.17, 15) is 4.79 Å². The molecule has 0 saturated heterocycles. The molecule has 0 saturated carbocycles. The fraction of sp³-hybridized carbons (Fsp3) is 0.778. The van der Waals surface area contributed by atoms with Crippen LogP contribution in [0.1, 0.15) is 33.1 Å². The molecule has 0 aliphatic rings. The summed E-state index contributed by atoms with van der Waals surface area (Å²) in [5.74, 6) is 0.596. The van der Waals surface area contributed by atoms with Gasteiger partial charge < -0.3 is 5.32 Å². The maximum atomic E-state index is 10.9. The molecule has 0 heterocycles. The molecule has 0 radical (unpaired) electrons. The van der Waals surface area contributed by atoms with Crippen LogP contribution < -0.4 is 5.32 Å². The number of rotatable bonds is 5. The number of nitrogens with one attached hydrogen (secondary N) is 1. The van der Waals surface area contributed by atoms with Gasteiger partial charge >= 0.3 is 0 Å². The summed E-state index contributed by atoms with van der Waals surface area (Å²) in [5.41, 5.74) is 0. The van der Waals surface area contributed by atoms with Crippen molar-refractivity contribution in [1.82, 2.24) is 5.32 Å². The molecule has 3 nitrogen and oxygen atoms in total. The topological polar surface area (TPSA) is 52.9 Å². The second-order valence-corrected chi connectivity index (χ2v) is 3.19. The van der Waals surface area contributed by atoms with Crippen LogP contribution in [0.15, 0.2) is 0 Å². The van der Waals surface area contributed by atoms with E-state index in [2.05, 4.69) is 19.2 Å². The Labute approximate surface area is 73.8 Å². The van der Waals surface area contributed by atoms with Gasteiger partial charge in [-0.25, -0.2) is 0 Å². The standard InChI is InChI=1S/C9H16N2O/c1-8(2)5-7-11-9(12)4-3-6-10/h8H,3-5,7H2,1-2H3,(H,11,12). The lowest BCUT2D eigenvalue weighted by Crippen LogP contribution is -2.24. The fourth-order valence-corrected chi connectivity index (χ4v) is 0.758. The summed E-state index contributed by atoms with van der Waals surface area (Å²) >= 11 is 0. The van der Waals surface area contributed by atoms with Gasteiger partial charge in [0.1, 0.15) is 0 Å². The molecule has 0 rings (SSSR count). The second-order valence-electron chi connectivity index (χ2n) is 3.19. The molecule has 1 amide bonds. The van der Waals surface area contributed by atoms with Crippen molar-refractivity contribution >= 4 is 5.91 Å².